The van der Waals surface area contributed by atoms with Crippen LogP contribution in [0.4, 0.5) is 0 Å². The Morgan fingerprint density at radius 3 is 2.65 bits per heavy atom. The third-order valence-corrected chi connectivity index (χ3v) is 4.01. The first-order valence-electron chi connectivity index (χ1n) is 7.09. The monoisotopic (exact) mass is 274 g/mol. The molecule has 4 nitrogen and oxygen atoms in total. The topological polar surface area (TPSA) is 54.3 Å². The molecule has 1 atom stereocenters. The molecule has 1 fully saturated rings. The third kappa shape index (κ3) is 2.88. The Labute approximate surface area is 120 Å². The molecule has 4 heteroatoms. The van der Waals surface area contributed by atoms with Gasteiger partial charge in [0.2, 0.25) is 0 Å². The van der Waals surface area contributed by atoms with E-state index in [0.29, 0.717) is 18.3 Å². The van der Waals surface area contributed by atoms with Crippen LogP contribution in [-0.4, -0.2) is 26.3 Å². The highest BCUT2D eigenvalue weighted by atomic mass is 16.5. The second kappa shape index (κ2) is 6.15. The molecule has 0 heterocycles. The zero-order valence-corrected chi connectivity index (χ0v) is 12.4. The fourth-order valence-electron chi connectivity index (χ4n) is 2.39. The van der Waals surface area contributed by atoms with Gasteiger partial charge in [-0.05, 0) is 49.9 Å². The number of methoxy groups -OCH3 is 1. The Morgan fingerprint density at radius 2 is 2.15 bits per heavy atom. The largest absolute Gasteiger partial charge is 0.493 e. The van der Waals surface area contributed by atoms with E-state index in [1.54, 1.807) is 7.11 Å². The Balaban J connectivity index is 2.12. The zero-order valence-electron chi connectivity index (χ0n) is 12.4. The first-order valence-corrected chi connectivity index (χ1v) is 7.09. The average molecular weight is 274 g/mol. The van der Waals surface area contributed by atoms with Crippen LogP contribution in [0.15, 0.2) is 18.2 Å². The molecule has 1 aromatic rings. The van der Waals surface area contributed by atoms with Crippen molar-refractivity contribution in [3.05, 3.63) is 23.8 Å². The van der Waals surface area contributed by atoms with Gasteiger partial charge >= 0.3 is 0 Å². The van der Waals surface area contributed by atoms with E-state index in [9.17, 15) is 5.26 Å². The van der Waals surface area contributed by atoms with Gasteiger partial charge in [0.15, 0.2) is 11.5 Å². The summed E-state index contributed by atoms with van der Waals surface area (Å²) in [5.41, 5.74) is 0.616. The van der Waals surface area contributed by atoms with Crippen molar-refractivity contribution in [2.75, 3.05) is 20.8 Å². The number of hydrogen-bond acceptors (Lipinski definition) is 4. The van der Waals surface area contributed by atoms with E-state index in [2.05, 4.69) is 18.3 Å². The lowest BCUT2D eigenvalue weighted by atomic mass is 9.96. The number of benzene rings is 1. The van der Waals surface area contributed by atoms with Crippen LogP contribution in [0.3, 0.4) is 0 Å². The summed E-state index contributed by atoms with van der Waals surface area (Å²) in [4.78, 5) is 0. The van der Waals surface area contributed by atoms with Gasteiger partial charge in [-0.3, -0.25) is 5.32 Å². The summed E-state index contributed by atoms with van der Waals surface area (Å²) >= 11 is 0. The molecule has 0 aromatic heterocycles. The van der Waals surface area contributed by atoms with Crippen LogP contribution in [-0.2, 0) is 6.42 Å². The molecule has 0 amide bonds. The number of aryl methyl sites for hydroxylation is 1. The number of rotatable bonds is 7. The SMILES string of the molecule is CCc1ccc(OCC(C#N)(NC)C2CC2)c(OC)c1. The van der Waals surface area contributed by atoms with E-state index in [0.717, 1.165) is 25.0 Å². The molecule has 1 aromatic carbocycles. The van der Waals surface area contributed by atoms with Gasteiger partial charge in [-0.15, -0.1) is 0 Å². The molecule has 0 saturated heterocycles. The van der Waals surface area contributed by atoms with Gasteiger partial charge in [0.25, 0.3) is 0 Å². The van der Waals surface area contributed by atoms with Crippen LogP contribution >= 0.6 is 0 Å². The van der Waals surface area contributed by atoms with E-state index in [1.807, 2.05) is 25.2 Å². The predicted octanol–water partition coefficient (Wildman–Crippen LogP) is 2.53. The predicted molar refractivity (Wildman–Crippen MR) is 78.0 cm³/mol. The summed E-state index contributed by atoms with van der Waals surface area (Å²) in [6.07, 6.45) is 3.13. The molecular formula is C16H22N2O2. The van der Waals surface area contributed by atoms with Crippen LogP contribution < -0.4 is 14.8 Å². The zero-order chi connectivity index (χ0) is 14.6. The van der Waals surface area contributed by atoms with Crippen molar-refractivity contribution in [2.24, 2.45) is 5.92 Å². The molecule has 1 saturated carbocycles. The molecule has 0 spiro atoms. The van der Waals surface area contributed by atoms with Crippen molar-refractivity contribution in [2.45, 2.75) is 31.7 Å². The highest BCUT2D eigenvalue weighted by Gasteiger charge is 2.45. The minimum absolute atomic E-state index is 0.340. The summed E-state index contributed by atoms with van der Waals surface area (Å²) in [6.45, 7) is 2.44. The maximum atomic E-state index is 9.45. The molecule has 1 N–H and O–H groups in total. The molecule has 2 rings (SSSR count). The number of ether oxygens (including phenoxy) is 2. The summed E-state index contributed by atoms with van der Waals surface area (Å²) in [5, 5.41) is 12.6. The number of nitrogens with one attached hydrogen (secondary N) is 1. The van der Waals surface area contributed by atoms with Crippen LogP contribution in [0, 0.1) is 17.2 Å². The van der Waals surface area contributed by atoms with E-state index < -0.39 is 5.54 Å². The van der Waals surface area contributed by atoms with Gasteiger partial charge in [-0.25, -0.2) is 0 Å². The van der Waals surface area contributed by atoms with E-state index in [4.69, 9.17) is 9.47 Å². The summed E-state index contributed by atoms with van der Waals surface area (Å²) in [5.74, 6) is 1.81. The van der Waals surface area contributed by atoms with Crippen LogP contribution in [0.1, 0.15) is 25.3 Å². The Bertz CT molecular complexity index is 506. The third-order valence-electron chi connectivity index (χ3n) is 4.01. The summed E-state index contributed by atoms with van der Waals surface area (Å²) < 4.78 is 11.2. The molecule has 108 valence electrons. The Morgan fingerprint density at radius 1 is 1.40 bits per heavy atom. The van der Waals surface area contributed by atoms with Crippen molar-refractivity contribution in [1.82, 2.24) is 5.32 Å². The van der Waals surface area contributed by atoms with Crippen molar-refractivity contribution >= 4 is 0 Å². The van der Waals surface area contributed by atoms with Crippen molar-refractivity contribution < 1.29 is 9.47 Å². The fraction of sp³-hybridized carbons (Fsp3) is 0.562. The highest BCUT2D eigenvalue weighted by Crippen LogP contribution is 2.40. The minimum Gasteiger partial charge on any atom is -0.493 e. The number of hydrogen-bond donors (Lipinski definition) is 1. The molecule has 1 unspecified atom stereocenters. The minimum atomic E-state index is -0.589. The second-order valence-corrected chi connectivity index (χ2v) is 5.23. The first kappa shape index (κ1) is 14.7. The first-order chi connectivity index (χ1) is 9.69. The van der Waals surface area contributed by atoms with E-state index >= 15 is 0 Å². The Hall–Kier alpha value is -1.73. The van der Waals surface area contributed by atoms with Crippen molar-refractivity contribution in [1.29, 1.82) is 5.26 Å². The van der Waals surface area contributed by atoms with Crippen LogP contribution in [0.2, 0.25) is 0 Å². The molecule has 1 aliphatic carbocycles. The Kier molecular flexibility index (Phi) is 4.51. The lowest BCUT2D eigenvalue weighted by molar-refractivity contribution is 0.204. The second-order valence-electron chi connectivity index (χ2n) is 5.23. The maximum Gasteiger partial charge on any atom is 0.161 e. The summed E-state index contributed by atoms with van der Waals surface area (Å²) in [7, 11) is 3.46. The quantitative estimate of drug-likeness (QED) is 0.830. The van der Waals surface area contributed by atoms with Gasteiger partial charge in [-0.1, -0.05) is 13.0 Å². The van der Waals surface area contributed by atoms with Gasteiger partial charge in [0, 0.05) is 0 Å². The van der Waals surface area contributed by atoms with Gasteiger partial charge in [-0.2, -0.15) is 5.26 Å². The molecule has 0 radical (unpaired) electrons. The number of likely N-dealkylation sites (N-methyl/N-ethyl adjacent to an activating group) is 1. The normalized spacial score (nSPS) is 17.1. The molecular weight excluding hydrogens is 252 g/mol. The van der Waals surface area contributed by atoms with Gasteiger partial charge < -0.3 is 9.47 Å². The standard InChI is InChI=1S/C16H22N2O2/c1-4-12-5-8-14(15(9-12)19-3)20-11-16(10-17,18-2)13-6-7-13/h5,8-9,13,18H,4,6-7,11H2,1-3H3. The van der Waals surface area contributed by atoms with Crippen molar-refractivity contribution in [3.8, 4) is 17.6 Å². The fourth-order valence-corrected chi connectivity index (χ4v) is 2.39. The maximum absolute atomic E-state index is 9.45. The molecule has 0 aliphatic heterocycles. The molecule has 20 heavy (non-hydrogen) atoms. The van der Waals surface area contributed by atoms with Crippen LogP contribution in [0.5, 0.6) is 11.5 Å². The average Bonchev–Trinajstić information content (AvgIpc) is 3.34. The lowest BCUT2D eigenvalue weighted by Gasteiger charge is -2.26. The van der Waals surface area contributed by atoms with Gasteiger partial charge in [0.1, 0.15) is 12.1 Å². The van der Waals surface area contributed by atoms with Gasteiger partial charge in [0.05, 0.1) is 13.2 Å². The van der Waals surface area contributed by atoms with Crippen LogP contribution in [0.25, 0.3) is 0 Å². The summed E-state index contributed by atoms with van der Waals surface area (Å²) in [6, 6.07) is 8.32. The van der Waals surface area contributed by atoms with Crippen molar-refractivity contribution in [3.63, 3.8) is 0 Å². The molecule has 1 aliphatic rings. The molecule has 0 bridgehead atoms. The highest BCUT2D eigenvalue weighted by molar-refractivity contribution is 5.43. The number of nitriles is 1. The smallest absolute Gasteiger partial charge is 0.161 e. The number of nitrogens with zero attached hydrogens (tertiary/aromatic N) is 1. The lowest BCUT2D eigenvalue weighted by Crippen LogP contribution is -2.49. The van der Waals surface area contributed by atoms with E-state index in [1.165, 1.54) is 5.56 Å². The van der Waals surface area contributed by atoms with E-state index in [-0.39, 0.29) is 0 Å².